The van der Waals surface area contributed by atoms with Gasteiger partial charge in [-0.05, 0) is 28.4 Å². The smallest absolute Gasteiger partial charge is 0.217 e. The van der Waals surface area contributed by atoms with Crippen molar-refractivity contribution in [3.05, 3.63) is 22.3 Å². The third-order valence-electron chi connectivity index (χ3n) is 1.48. The first kappa shape index (κ1) is 8.53. The number of halogens is 1. The number of ether oxygens (including phenoxy) is 1. The van der Waals surface area contributed by atoms with Crippen molar-refractivity contribution in [2.45, 2.75) is 13.3 Å². The maximum absolute atomic E-state index is 5.08. The number of nitrogens with zero attached hydrogens (tertiary/aromatic N) is 1. The van der Waals surface area contributed by atoms with Crippen molar-refractivity contribution in [2.75, 3.05) is 7.11 Å². The third kappa shape index (κ3) is 1.93. The average Bonchev–Trinajstić information content (AvgIpc) is 2.04. The molecule has 0 N–H and O–H groups in total. The van der Waals surface area contributed by atoms with Crippen molar-refractivity contribution in [3.8, 4) is 5.88 Å². The largest absolute Gasteiger partial charge is 0.481 e. The minimum absolute atomic E-state index is 0.710. The summed E-state index contributed by atoms with van der Waals surface area (Å²) < 4.78 is 5.89. The zero-order valence-electron chi connectivity index (χ0n) is 6.60. The molecule has 0 aliphatic rings. The van der Waals surface area contributed by atoms with Crippen LogP contribution in [-0.2, 0) is 6.42 Å². The molecule has 0 atom stereocenters. The van der Waals surface area contributed by atoms with Crippen LogP contribution in [0.1, 0.15) is 12.5 Å². The van der Waals surface area contributed by atoms with Gasteiger partial charge in [0, 0.05) is 5.56 Å². The summed E-state index contributed by atoms with van der Waals surface area (Å²) in [5.41, 5.74) is 1.13. The molecule has 0 saturated heterocycles. The summed E-state index contributed by atoms with van der Waals surface area (Å²) in [6.45, 7) is 2.08. The van der Waals surface area contributed by atoms with E-state index in [2.05, 4.69) is 27.8 Å². The third-order valence-corrected chi connectivity index (χ3v) is 1.92. The number of hydrogen-bond donors (Lipinski definition) is 0. The molecule has 1 heterocycles. The van der Waals surface area contributed by atoms with Crippen LogP contribution in [-0.4, -0.2) is 12.1 Å². The number of rotatable bonds is 2. The Bertz CT molecular complexity index is 250. The first-order valence-electron chi connectivity index (χ1n) is 3.47. The van der Waals surface area contributed by atoms with Gasteiger partial charge in [0.15, 0.2) is 0 Å². The topological polar surface area (TPSA) is 22.1 Å². The summed E-state index contributed by atoms with van der Waals surface area (Å²) in [7, 11) is 1.63. The Balaban J connectivity index is 3.06. The van der Waals surface area contributed by atoms with Crippen molar-refractivity contribution in [3.63, 3.8) is 0 Å². The van der Waals surface area contributed by atoms with Crippen LogP contribution >= 0.6 is 15.9 Å². The van der Waals surface area contributed by atoms with Gasteiger partial charge in [0.1, 0.15) is 4.60 Å². The molecule has 0 amide bonds. The first-order valence-corrected chi connectivity index (χ1v) is 4.26. The molecule has 0 aliphatic carbocycles. The van der Waals surface area contributed by atoms with Gasteiger partial charge in [-0.15, -0.1) is 0 Å². The molecule has 0 saturated carbocycles. The van der Waals surface area contributed by atoms with Gasteiger partial charge in [-0.2, -0.15) is 0 Å². The molecule has 0 aliphatic heterocycles. The fourth-order valence-electron chi connectivity index (χ4n) is 0.893. The van der Waals surface area contributed by atoms with Crippen molar-refractivity contribution in [2.24, 2.45) is 0 Å². The van der Waals surface area contributed by atoms with Crippen LogP contribution in [0.5, 0.6) is 5.88 Å². The van der Waals surface area contributed by atoms with Crippen molar-refractivity contribution in [1.82, 2.24) is 4.98 Å². The molecule has 1 aromatic rings. The highest BCUT2D eigenvalue weighted by molar-refractivity contribution is 9.10. The zero-order chi connectivity index (χ0) is 8.27. The normalized spacial score (nSPS) is 9.73. The average molecular weight is 216 g/mol. The predicted molar refractivity (Wildman–Crippen MR) is 47.9 cm³/mol. The zero-order valence-corrected chi connectivity index (χ0v) is 8.18. The Kier molecular flexibility index (Phi) is 2.88. The highest BCUT2D eigenvalue weighted by Crippen LogP contribution is 2.18. The number of pyridine rings is 1. The lowest BCUT2D eigenvalue weighted by Crippen LogP contribution is -1.93. The number of aryl methyl sites for hydroxylation is 1. The lowest BCUT2D eigenvalue weighted by molar-refractivity contribution is 0.392. The van der Waals surface area contributed by atoms with Gasteiger partial charge in [-0.25, -0.2) is 4.98 Å². The van der Waals surface area contributed by atoms with Gasteiger partial charge in [-0.3, -0.25) is 0 Å². The first-order chi connectivity index (χ1) is 5.27. The lowest BCUT2D eigenvalue weighted by Gasteiger charge is -2.04. The fraction of sp³-hybridized carbons (Fsp3) is 0.375. The second-order valence-electron chi connectivity index (χ2n) is 2.16. The summed E-state index contributed by atoms with van der Waals surface area (Å²) in [6.07, 6.45) is 0.948. The second-order valence-corrected chi connectivity index (χ2v) is 2.97. The lowest BCUT2D eigenvalue weighted by atomic mass is 10.2. The van der Waals surface area contributed by atoms with E-state index in [0.29, 0.717) is 5.88 Å². The molecule has 2 nitrogen and oxygen atoms in total. The molecule has 0 bridgehead atoms. The summed E-state index contributed by atoms with van der Waals surface area (Å²) in [5.74, 6) is 0.710. The number of aromatic nitrogens is 1. The van der Waals surface area contributed by atoms with Gasteiger partial charge in [0.2, 0.25) is 5.88 Å². The van der Waals surface area contributed by atoms with E-state index in [9.17, 15) is 0 Å². The molecule has 1 aromatic heterocycles. The molecule has 11 heavy (non-hydrogen) atoms. The quantitative estimate of drug-likeness (QED) is 0.708. The van der Waals surface area contributed by atoms with Crippen molar-refractivity contribution >= 4 is 15.9 Å². The van der Waals surface area contributed by atoms with Gasteiger partial charge in [-0.1, -0.05) is 13.0 Å². The molecule has 0 spiro atoms. The number of methoxy groups -OCH3 is 1. The highest BCUT2D eigenvalue weighted by atomic mass is 79.9. The number of hydrogen-bond acceptors (Lipinski definition) is 2. The monoisotopic (exact) mass is 215 g/mol. The van der Waals surface area contributed by atoms with E-state index in [1.165, 1.54) is 0 Å². The molecule has 3 heteroatoms. The van der Waals surface area contributed by atoms with E-state index in [0.717, 1.165) is 16.6 Å². The molecule has 60 valence electrons. The van der Waals surface area contributed by atoms with Gasteiger partial charge >= 0.3 is 0 Å². The molecule has 0 aromatic carbocycles. The standard InChI is InChI=1S/C8H10BrNO/c1-3-6-4-5-7(9)10-8(6)11-2/h4-5H,3H2,1-2H3. The molecule has 0 unspecified atom stereocenters. The van der Waals surface area contributed by atoms with Crippen LogP contribution in [0.25, 0.3) is 0 Å². The Morgan fingerprint density at radius 2 is 2.27 bits per heavy atom. The molecular formula is C8H10BrNO. The van der Waals surface area contributed by atoms with E-state index >= 15 is 0 Å². The molecule has 0 radical (unpaired) electrons. The minimum atomic E-state index is 0.710. The summed E-state index contributed by atoms with van der Waals surface area (Å²) in [4.78, 5) is 4.16. The Labute approximate surface area is 74.7 Å². The maximum atomic E-state index is 5.08. The van der Waals surface area contributed by atoms with Crippen LogP contribution in [0.3, 0.4) is 0 Å². The highest BCUT2D eigenvalue weighted by Gasteiger charge is 2.01. The Hall–Kier alpha value is -0.570. The molecule has 1 rings (SSSR count). The molecular weight excluding hydrogens is 206 g/mol. The van der Waals surface area contributed by atoms with Gasteiger partial charge in [0.25, 0.3) is 0 Å². The second kappa shape index (κ2) is 3.72. The Morgan fingerprint density at radius 3 is 2.82 bits per heavy atom. The maximum Gasteiger partial charge on any atom is 0.217 e. The van der Waals surface area contributed by atoms with E-state index in [1.807, 2.05) is 12.1 Å². The fourth-order valence-corrected chi connectivity index (χ4v) is 1.19. The Morgan fingerprint density at radius 1 is 1.55 bits per heavy atom. The van der Waals surface area contributed by atoms with E-state index < -0.39 is 0 Å². The summed E-state index contributed by atoms with van der Waals surface area (Å²) >= 11 is 3.28. The summed E-state index contributed by atoms with van der Waals surface area (Å²) in [6, 6.07) is 3.93. The van der Waals surface area contributed by atoms with Crippen LogP contribution in [0.4, 0.5) is 0 Å². The van der Waals surface area contributed by atoms with Crippen LogP contribution < -0.4 is 4.74 Å². The minimum Gasteiger partial charge on any atom is -0.481 e. The van der Waals surface area contributed by atoms with E-state index in [-0.39, 0.29) is 0 Å². The van der Waals surface area contributed by atoms with Crippen molar-refractivity contribution in [1.29, 1.82) is 0 Å². The van der Waals surface area contributed by atoms with Gasteiger partial charge < -0.3 is 4.74 Å². The molecule has 0 fully saturated rings. The SMILES string of the molecule is CCc1ccc(Br)nc1OC. The van der Waals surface area contributed by atoms with Crippen LogP contribution in [0, 0.1) is 0 Å². The van der Waals surface area contributed by atoms with E-state index in [4.69, 9.17) is 4.74 Å². The van der Waals surface area contributed by atoms with Crippen LogP contribution in [0.2, 0.25) is 0 Å². The van der Waals surface area contributed by atoms with Crippen LogP contribution in [0.15, 0.2) is 16.7 Å². The predicted octanol–water partition coefficient (Wildman–Crippen LogP) is 2.42. The van der Waals surface area contributed by atoms with Crippen molar-refractivity contribution < 1.29 is 4.74 Å². The van der Waals surface area contributed by atoms with E-state index in [1.54, 1.807) is 7.11 Å². The summed E-state index contributed by atoms with van der Waals surface area (Å²) in [5, 5.41) is 0. The van der Waals surface area contributed by atoms with Gasteiger partial charge in [0.05, 0.1) is 7.11 Å².